The summed E-state index contributed by atoms with van der Waals surface area (Å²) in [5.41, 5.74) is 0. The van der Waals surface area contributed by atoms with E-state index >= 15 is 0 Å². The highest BCUT2D eigenvalue weighted by Gasteiger charge is 2.49. The molecule has 2 fully saturated rings. The van der Waals surface area contributed by atoms with E-state index in [1.165, 1.54) is 0 Å². The topological polar surface area (TPSA) is 32.3 Å². The van der Waals surface area contributed by atoms with E-state index in [0.29, 0.717) is 0 Å². The summed E-state index contributed by atoms with van der Waals surface area (Å²) in [6.45, 7) is 1.77. The number of nitrogens with zero attached hydrogens (tertiary/aromatic N) is 1. The number of amides is 1. The maximum atomic E-state index is 12.7. The highest BCUT2D eigenvalue weighted by Crippen LogP contribution is 2.43. The van der Waals surface area contributed by atoms with Gasteiger partial charge in [-0.15, -0.1) is 0 Å². The summed E-state index contributed by atoms with van der Waals surface area (Å²) in [5, 5.41) is 3.22. The second-order valence-corrected chi connectivity index (χ2v) is 4.91. The van der Waals surface area contributed by atoms with Crippen LogP contribution in [0.15, 0.2) is 0 Å². The highest BCUT2D eigenvalue weighted by molar-refractivity contribution is 5.80. The van der Waals surface area contributed by atoms with Crippen LogP contribution in [-0.4, -0.2) is 42.9 Å². The van der Waals surface area contributed by atoms with Crippen LogP contribution in [0.1, 0.15) is 25.7 Å². The molecule has 1 saturated carbocycles. The second kappa shape index (κ2) is 4.28. The van der Waals surface area contributed by atoms with E-state index in [1.807, 2.05) is 0 Å². The molecule has 1 amide bonds. The first-order chi connectivity index (χ1) is 7.49. The van der Waals surface area contributed by atoms with E-state index < -0.39 is 11.8 Å². The molecule has 0 aromatic rings. The molecule has 1 atom stereocenters. The van der Waals surface area contributed by atoms with Crippen molar-refractivity contribution < 1.29 is 13.6 Å². The fourth-order valence-electron chi connectivity index (χ4n) is 2.47. The van der Waals surface area contributed by atoms with Crippen molar-refractivity contribution in [3.05, 3.63) is 0 Å². The molecular formula is C11H18F2N2O. The number of rotatable bonds is 2. The third kappa shape index (κ3) is 2.34. The van der Waals surface area contributed by atoms with Crippen LogP contribution in [0.3, 0.4) is 0 Å². The molecule has 0 aromatic heterocycles. The van der Waals surface area contributed by atoms with Crippen LogP contribution in [0.5, 0.6) is 0 Å². The van der Waals surface area contributed by atoms with Crippen molar-refractivity contribution in [1.82, 2.24) is 10.2 Å². The predicted octanol–water partition coefficient (Wildman–Crippen LogP) is 1.24. The molecule has 92 valence electrons. The average molecular weight is 232 g/mol. The Morgan fingerprint density at radius 2 is 2.12 bits per heavy atom. The molecule has 2 rings (SSSR count). The lowest BCUT2D eigenvalue weighted by Crippen LogP contribution is -2.52. The van der Waals surface area contributed by atoms with E-state index in [1.54, 1.807) is 11.9 Å². The molecule has 16 heavy (non-hydrogen) atoms. The predicted molar refractivity (Wildman–Crippen MR) is 56.3 cm³/mol. The molecule has 1 N–H and O–H groups in total. The summed E-state index contributed by atoms with van der Waals surface area (Å²) in [5.74, 6) is -3.17. The Bertz CT molecular complexity index is 269. The standard InChI is InChI=1S/C11H18F2N2O/c1-15(9-3-2-4-14-7-9)10(16)8-5-11(12,13)6-8/h8-9,14H,2-7H2,1H3/t9-/m1/s1. The minimum absolute atomic E-state index is 0.111. The van der Waals surface area contributed by atoms with E-state index in [0.717, 1.165) is 25.9 Å². The van der Waals surface area contributed by atoms with Crippen molar-refractivity contribution in [1.29, 1.82) is 0 Å². The molecule has 0 spiro atoms. The lowest BCUT2D eigenvalue weighted by atomic mass is 9.80. The summed E-state index contributed by atoms with van der Waals surface area (Å²) in [6.07, 6.45) is 1.48. The fraction of sp³-hybridized carbons (Fsp3) is 0.909. The zero-order valence-electron chi connectivity index (χ0n) is 9.51. The maximum Gasteiger partial charge on any atom is 0.249 e. The molecule has 3 nitrogen and oxygen atoms in total. The van der Waals surface area contributed by atoms with E-state index in [9.17, 15) is 13.6 Å². The molecule has 0 radical (unpaired) electrons. The van der Waals surface area contributed by atoms with Crippen molar-refractivity contribution in [3.8, 4) is 0 Å². The normalized spacial score (nSPS) is 29.6. The van der Waals surface area contributed by atoms with Crippen LogP contribution in [0, 0.1) is 5.92 Å². The largest absolute Gasteiger partial charge is 0.341 e. The maximum absolute atomic E-state index is 12.7. The number of likely N-dealkylation sites (N-methyl/N-ethyl adjacent to an activating group) is 1. The van der Waals surface area contributed by atoms with Crippen molar-refractivity contribution in [2.45, 2.75) is 37.6 Å². The van der Waals surface area contributed by atoms with Gasteiger partial charge in [-0.3, -0.25) is 4.79 Å². The van der Waals surface area contributed by atoms with Crippen LogP contribution in [0.25, 0.3) is 0 Å². The molecule has 1 aliphatic carbocycles. The number of piperidine rings is 1. The minimum atomic E-state index is -2.61. The van der Waals surface area contributed by atoms with Gasteiger partial charge in [-0.05, 0) is 19.4 Å². The number of nitrogens with one attached hydrogen (secondary N) is 1. The summed E-state index contributed by atoms with van der Waals surface area (Å²) >= 11 is 0. The molecule has 1 aliphatic heterocycles. The van der Waals surface area contributed by atoms with Crippen LogP contribution in [0.4, 0.5) is 8.78 Å². The fourth-order valence-corrected chi connectivity index (χ4v) is 2.47. The molecule has 5 heteroatoms. The Labute approximate surface area is 94.2 Å². The molecule has 1 heterocycles. The zero-order valence-corrected chi connectivity index (χ0v) is 9.51. The quantitative estimate of drug-likeness (QED) is 0.777. The first-order valence-corrected chi connectivity index (χ1v) is 5.85. The molecule has 1 saturated heterocycles. The number of hydrogen-bond acceptors (Lipinski definition) is 2. The van der Waals surface area contributed by atoms with E-state index in [4.69, 9.17) is 0 Å². The summed E-state index contributed by atoms with van der Waals surface area (Å²) < 4.78 is 25.3. The van der Waals surface area contributed by atoms with Gasteiger partial charge in [0.1, 0.15) is 0 Å². The van der Waals surface area contributed by atoms with Crippen molar-refractivity contribution in [3.63, 3.8) is 0 Å². The van der Waals surface area contributed by atoms with Gasteiger partial charge in [-0.25, -0.2) is 8.78 Å². The van der Waals surface area contributed by atoms with Gasteiger partial charge >= 0.3 is 0 Å². The third-order valence-electron chi connectivity index (χ3n) is 3.61. The van der Waals surface area contributed by atoms with Gasteiger partial charge in [-0.1, -0.05) is 0 Å². The summed E-state index contributed by atoms with van der Waals surface area (Å²) in [7, 11) is 1.73. The van der Waals surface area contributed by atoms with E-state index in [-0.39, 0.29) is 24.8 Å². The van der Waals surface area contributed by atoms with Gasteiger partial charge in [0.15, 0.2) is 0 Å². The van der Waals surface area contributed by atoms with Gasteiger partial charge in [-0.2, -0.15) is 0 Å². The van der Waals surface area contributed by atoms with Crippen molar-refractivity contribution >= 4 is 5.91 Å². The van der Waals surface area contributed by atoms with Crippen LogP contribution >= 0.6 is 0 Å². The Morgan fingerprint density at radius 3 is 2.62 bits per heavy atom. The van der Waals surface area contributed by atoms with Gasteiger partial charge in [0.25, 0.3) is 0 Å². The van der Waals surface area contributed by atoms with Gasteiger partial charge < -0.3 is 10.2 Å². The Hall–Kier alpha value is -0.710. The second-order valence-electron chi connectivity index (χ2n) is 4.91. The van der Waals surface area contributed by atoms with Crippen LogP contribution in [-0.2, 0) is 4.79 Å². The SMILES string of the molecule is CN(C(=O)C1CC(F)(F)C1)[C@@H]1CCCNC1. The van der Waals surface area contributed by atoms with Gasteiger partial charge in [0.2, 0.25) is 11.8 Å². The molecule has 0 bridgehead atoms. The third-order valence-corrected chi connectivity index (χ3v) is 3.61. The molecule has 0 aromatic carbocycles. The zero-order chi connectivity index (χ0) is 11.8. The Balaban J connectivity index is 1.85. The number of alkyl halides is 2. The first-order valence-electron chi connectivity index (χ1n) is 5.85. The smallest absolute Gasteiger partial charge is 0.249 e. The lowest BCUT2D eigenvalue weighted by molar-refractivity contribution is -0.160. The Morgan fingerprint density at radius 1 is 1.44 bits per heavy atom. The highest BCUT2D eigenvalue weighted by atomic mass is 19.3. The van der Waals surface area contributed by atoms with Gasteiger partial charge in [0.05, 0.1) is 0 Å². The summed E-state index contributed by atoms with van der Waals surface area (Å²) in [6, 6.07) is 0.176. The van der Waals surface area contributed by atoms with Crippen LogP contribution < -0.4 is 5.32 Å². The molecule has 0 unspecified atom stereocenters. The molecule has 2 aliphatic rings. The first kappa shape index (κ1) is 11.8. The Kier molecular flexibility index (Phi) is 3.15. The van der Waals surface area contributed by atoms with Crippen LogP contribution in [0.2, 0.25) is 0 Å². The van der Waals surface area contributed by atoms with E-state index in [2.05, 4.69) is 5.32 Å². The van der Waals surface area contributed by atoms with Gasteiger partial charge in [0, 0.05) is 38.4 Å². The summed E-state index contributed by atoms with van der Waals surface area (Å²) in [4.78, 5) is 13.5. The minimum Gasteiger partial charge on any atom is -0.341 e. The van der Waals surface area contributed by atoms with Crippen molar-refractivity contribution in [2.24, 2.45) is 5.92 Å². The lowest BCUT2D eigenvalue weighted by Gasteiger charge is -2.39. The molecular weight excluding hydrogens is 214 g/mol. The number of carbonyl (C=O) groups is 1. The number of hydrogen-bond donors (Lipinski definition) is 1. The number of halogens is 2. The van der Waals surface area contributed by atoms with Crippen molar-refractivity contribution in [2.75, 3.05) is 20.1 Å². The number of carbonyl (C=O) groups excluding carboxylic acids is 1. The monoisotopic (exact) mass is 232 g/mol. The average Bonchev–Trinajstić information content (AvgIpc) is 2.25.